The van der Waals surface area contributed by atoms with Crippen molar-refractivity contribution >= 4 is 12.2 Å². The summed E-state index contributed by atoms with van der Waals surface area (Å²) in [6.07, 6.45) is 15.4. The van der Waals surface area contributed by atoms with E-state index in [1.165, 1.54) is 0 Å². The van der Waals surface area contributed by atoms with Crippen molar-refractivity contribution in [3.8, 4) is 22.5 Å². The normalized spacial score (nSPS) is 11.3. The number of nitrogens with zero attached hydrogens (tertiary/aromatic N) is 6. The Morgan fingerprint density at radius 2 is 2.03 bits per heavy atom. The Bertz CT molecular complexity index is 1150. The number of nitrogens with one attached hydrogen (secondary N) is 1. The van der Waals surface area contributed by atoms with E-state index in [2.05, 4.69) is 51.6 Å². The van der Waals surface area contributed by atoms with Crippen molar-refractivity contribution < 1.29 is 0 Å². The Morgan fingerprint density at radius 1 is 1.16 bits per heavy atom. The van der Waals surface area contributed by atoms with Crippen LogP contribution in [0.5, 0.6) is 0 Å². The summed E-state index contributed by atoms with van der Waals surface area (Å²) in [4.78, 5) is 17.4. The van der Waals surface area contributed by atoms with Crippen LogP contribution in [0.25, 0.3) is 22.5 Å². The molecule has 0 aliphatic heterocycles. The van der Waals surface area contributed by atoms with E-state index in [1.54, 1.807) is 53.8 Å². The molecule has 0 unspecified atom stereocenters. The van der Waals surface area contributed by atoms with Crippen LogP contribution in [-0.4, -0.2) is 30.9 Å². The zero-order valence-corrected chi connectivity index (χ0v) is 17.1. The maximum absolute atomic E-state index is 4.74. The van der Waals surface area contributed by atoms with Crippen LogP contribution in [0.1, 0.15) is 0 Å². The second-order valence-electron chi connectivity index (χ2n) is 6.36. The van der Waals surface area contributed by atoms with Gasteiger partial charge in [0.15, 0.2) is 0 Å². The summed E-state index contributed by atoms with van der Waals surface area (Å²) in [7, 11) is 0. The molecule has 3 aromatic heterocycles. The zero-order valence-electron chi connectivity index (χ0n) is 17.1. The third-order valence-electron chi connectivity index (χ3n) is 4.11. The lowest BCUT2D eigenvalue weighted by molar-refractivity contribution is 0.677. The van der Waals surface area contributed by atoms with Crippen LogP contribution < -0.4 is 5.32 Å². The maximum atomic E-state index is 4.74. The van der Waals surface area contributed by atoms with E-state index in [4.69, 9.17) is 5.10 Å². The molecule has 3 aromatic rings. The van der Waals surface area contributed by atoms with Gasteiger partial charge in [-0.25, -0.2) is 9.97 Å². The van der Waals surface area contributed by atoms with Crippen molar-refractivity contribution in [2.75, 3.05) is 5.32 Å². The zero-order chi connectivity index (χ0) is 22.1. The van der Waals surface area contributed by atoms with Crippen LogP contribution in [0.2, 0.25) is 0 Å². The first-order valence-electron chi connectivity index (χ1n) is 9.51. The van der Waals surface area contributed by atoms with E-state index in [1.807, 2.05) is 24.4 Å². The molecule has 3 heterocycles. The fraction of sp³-hybridized carbons (Fsp3) is 0.0417. The Labute approximate surface area is 181 Å². The number of aromatic nitrogens is 5. The number of anilines is 1. The highest BCUT2D eigenvalue weighted by molar-refractivity contribution is 5.78. The summed E-state index contributed by atoms with van der Waals surface area (Å²) in [5.74, 6) is 0.440. The van der Waals surface area contributed by atoms with Crippen LogP contribution in [0.3, 0.4) is 0 Å². The van der Waals surface area contributed by atoms with E-state index in [9.17, 15) is 0 Å². The van der Waals surface area contributed by atoms with Gasteiger partial charge in [-0.3, -0.25) is 14.7 Å². The van der Waals surface area contributed by atoms with Crippen molar-refractivity contribution in [2.24, 2.45) is 4.99 Å². The highest BCUT2D eigenvalue weighted by Gasteiger charge is 2.16. The summed E-state index contributed by atoms with van der Waals surface area (Å²) in [6, 6.07) is 5.66. The molecular weight excluding hydrogens is 386 g/mol. The number of hydrogen-bond donors (Lipinski definition) is 1. The van der Waals surface area contributed by atoms with Gasteiger partial charge in [0.05, 0.1) is 17.9 Å². The van der Waals surface area contributed by atoms with Crippen LogP contribution in [0, 0.1) is 0 Å². The molecule has 0 aliphatic carbocycles. The van der Waals surface area contributed by atoms with Crippen molar-refractivity contribution in [2.45, 2.75) is 6.54 Å². The maximum Gasteiger partial charge on any atom is 0.227 e. The van der Waals surface area contributed by atoms with Gasteiger partial charge in [0, 0.05) is 47.8 Å². The fourth-order valence-electron chi connectivity index (χ4n) is 2.78. The number of rotatable bonds is 10. The molecule has 1 N–H and O–H groups in total. The van der Waals surface area contributed by atoms with E-state index in [-0.39, 0.29) is 0 Å². The molecule has 0 aromatic carbocycles. The predicted octanol–water partition coefficient (Wildman–Crippen LogP) is 4.84. The number of aliphatic imine (C=N–C) groups is 1. The third kappa shape index (κ3) is 5.57. The van der Waals surface area contributed by atoms with E-state index < -0.39 is 0 Å². The average molecular weight is 409 g/mol. The standard InChI is InChI=1S/C24H23N7/c1-5-9-20(7-3)28-24-27-14-11-22(29-24)21-17-31(16-18(4)26-12-6-2)30-23(21)19-10-8-13-25-15-19/h5-15,17H,1-4,16H2,(H,27,28,29)/b20-9+,26-12?. The van der Waals surface area contributed by atoms with Crippen LogP contribution in [0.15, 0.2) is 110 Å². The predicted molar refractivity (Wildman–Crippen MR) is 126 cm³/mol. The molecule has 0 saturated heterocycles. The molecule has 7 nitrogen and oxygen atoms in total. The smallest absolute Gasteiger partial charge is 0.227 e. The van der Waals surface area contributed by atoms with Gasteiger partial charge in [-0.2, -0.15) is 5.10 Å². The minimum absolute atomic E-state index is 0.427. The molecule has 0 amide bonds. The van der Waals surface area contributed by atoms with Crippen molar-refractivity contribution in [1.82, 2.24) is 24.7 Å². The van der Waals surface area contributed by atoms with Crippen molar-refractivity contribution in [3.05, 3.63) is 105 Å². The highest BCUT2D eigenvalue weighted by atomic mass is 15.3. The van der Waals surface area contributed by atoms with Crippen molar-refractivity contribution in [1.29, 1.82) is 0 Å². The number of hydrogen-bond acceptors (Lipinski definition) is 6. The fourth-order valence-corrected chi connectivity index (χ4v) is 2.78. The van der Waals surface area contributed by atoms with Crippen LogP contribution >= 0.6 is 0 Å². The lowest BCUT2D eigenvalue weighted by Gasteiger charge is -2.07. The molecule has 3 rings (SSSR count). The van der Waals surface area contributed by atoms with Gasteiger partial charge in [0.2, 0.25) is 5.95 Å². The lowest BCUT2D eigenvalue weighted by atomic mass is 10.1. The summed E-state index contributed by atoms with van der Waals surface area (Å²) in [5, 5.41) is 7.86. The summed E-state index contributed by atoms with van der Waals surface area (Å²) < 4.78 is 1.78. The Morgan fingerprint density at radius 3 is 2.74 bits per heavy atom. The van der Waals surface area contributed by atoms with Gasteiger partial charge >= 0.3 is 0 Å². The number of pyridine rings is 1. The molecule has 31 heavy (non-hydrogen) atoms. The second-order valence-corrected chi connectivity index (χ2v) is 6.36. The first-order chi connectivity index (χ1) is 15.1. The molecule has 0 radical (unpaired) electrons. The largest absolute Gasteiger partial charge is 0.324 e. The molecule has 0 aliphatic rings. The molecule has 7 heteroatoms. The van der Waals surface area contributed by atoms with Gasteiger partial charge in [-0.15, -0.1) is 0 Å². The molecule has 0 spiro atoms. The summed E-state index contributed by atoms with van der Waals surface area (Å²) in [6.45, 7) is 15.5. The minimum Gasteiger partial charge on any atom is -0.324 e. The molecule has 154 valence electrons. The highest BCUT2D eigenvalue weighted by Crippen LogP contribution is 2.30. The van der Waals surface area contributed by atoms with Gasteiger partial charge in [-0.05, 0) is 30.4 Å². The molecule has 0 bridgehead atoms. The van der Waals surface area contributed by atoms with Gasteiger partial charge < -0.3 is 5.32 Å². The first kappa shape index (κ1) is 21.3. The molecule has 0 saturated carbocycles. The molecule has 0 fully saturated rings. The SMILES string of the molecule is C=CC=NC(=C)Cn1cc(-c2ccnc(N/C(C=C)=C/C=C)n2)c(-c2cccnc2)n1. The monoisotopic (exact) mass is 409 g/mol. The summed E-state index contributed by atoms with van der Waals surface area (Å²) >= 11 is 0. The topological polar surface area (TPSA) is 80.9 Å². The quantitative estimate of drug-likeness (QED) is 0.383. The van der Waals surface area contributed by atoms with Crippen LogP contribution in [0.4, 0.5) is 5.95 Å². The lowest BCUT2D eigenvalue weighted by Crippen LogP contribution is -2.02. The van der Waals surface area contributed by atoms with Gasteiger partial charge in [0.1, 0.15) is 5.69 Å². The third-order valence-corrected chi connectivity index (χ3v) is 4.11. The second kappa shape index (κ2) is 10.4. The van der Waals surface area contributed by atoms with E-state index >= 15 is 0 Å². The number of allylic oxidation sites excluding steroid dienone is 5. The van der Waals surface area contributed by atoms with Crippen molar-refractivity contribution in [3.63, 3.8) is 0 Å². The molecule has 0 atom stereocenters. The Kier molecular flexibility index (Phi) is 7.16. The van der Waals surface area contributed by atoms with E-state index in [0.717, 1.165) is 22.5 Å². The molecular formula is C24H23N7. The Balaban J connectivity index is 2.02. The van der Waals surface area contributed by atoms with Gasteiger partial charge in [0.25, 0.3) is 0 Å². The average Bonchev–Trinajstić information content (AvgIpc) is 3.22. The van der Waals surface area contributed by atoms with Gasteiger partial charge in [-0.1, -0.05) is 38.5 Å². The summed E-state index contributed by atoms with van der Waals surface area (Å²) in [5.41, 5.74) is 4.58. The Hall–Kier alpha value is -4.39. The van der Waals surface area contributed by atoms with E-state index in [0.29, 0.717) is 23.9 Å². The first-order valence-corrected chi connectivity index (χ1v) is 9.51. The van der Waals surface area contributed by atoms with Crippen LogP contribution in [-0.2, 0) is 6.54 Å². The minimum atomic E-state index is 0.427.